The molecule has 94 valence electrons. The van der Waals surface area contributed by atoms with E-state index in [1.807, 2.05) is 0 Å². The van der Waals surface area contributed by atoms with E-state index in [4.69, 9.17) is 4.84 Å². The zero-order valence-electron chi connectivity index (χ0n) is 9.67. The molecule has 19 heavy (non-hydrogen) atoms. The van der Waals surface area contributed by atoms with Gasteiger partial charge in [-0.15, -0.1) is 0 Å². The lowest BCUT2D eigenvalue weighted by Gasteiger charge is -2.13. The van der Waals surface area contributed by atoms with E-state index in [1.165, 1.54) is 24.3 Å². The Balaban J connectivity index is 1.90. The third kappa shape index (κ3) is 1.85. The van der Waals surface area contributed by atoms with E-state index < -0.39 is 17.6 Å². The molecular weight excluding hydrogens is 249 g/mol. The first-order valence-electron chi connectivity index (χ1n) is 5.58. The van der Waals surface area contributed by atoms with Crippen molar-refractivity contribution in [3.05, 3.63) is 65.5 Å². The number of rotatable bonds is 2. The molecule has 1 heterocycles. The van der Waals surface area contributed by atoms with Gasteiger partial charge in [-0.3, -0.25) is 9.59 Å². The second-order valence-corrected chi connectivity index (χ2v) is 4.00. The number of hydrogen-bond acceptors (Lipinski definition) is 3. The van der Waals surface area contributed by atoms with Crippen LogP contribution in [0.2, 0.25) is 0 Å². The third-order valence-corrected chi connectivity index (χ3v) is 2.77. The number of imide groups is 1. The molecule has 0 fully saturated rings. The number of amides is 2. The lowest BCUT2D eigenvalue weighted by Crippen LogP contribution is -2.33. The first-order valence-corrected chi connectivity index (χ1v) is 5.58. The van der Waals surface area contributed by atoms with Gasteiger partial charge < -0.3 is 4.84 Å². The average Bonchev–Trinajstić information content (AvgIpc) is 2.67. The Kier molecular flexibility index (Phi) is 2.52. The summed E-state index contributed by atoms with van der Waals surface area (Å²) in [6, 6.07) is 11.5. The van der Waals surface area contributed by atoms with Crippen molar-refractivity contribution in [2.75, 3.05) is 0 Å². The number of benzene rings is 2. The Bertz CT molecular complexity index is 632. The highest BCUT2D eigenvalue weighted by atomic mass is 19.1. The van der Waals surface area contributed by atoms with E-state index in [2.05, 4.69) is 0 Å². The average molecular weight is 257 g/mol. The molecule has 1 aliphatic heterocycles. The Morgan fingerprint density at radius 2 is 1.37 bits per heavy atom. The molecule has 5 heteroatoms. The van der Waals surface area contributed by atoms with Gasteiger partial charge in [-0.05, 0) is 36.4 Å². The van der Waals surface area contributed by atoms with E-state index in [9.17, 15) is 14.0 Å². The number of carbonyl (C=O) groups excluding carboxylic acids is 2. The Morgan fingerprint density at radius 3 is 1.89 bits per heavy atom. The van der Waals surface area contributed by atoms with Gasteiger partial charge in [-0.1, -0.05) is 17.2 Å². The van der Waals surface area contributed by atoms with Crippen molar-refractivity contribution in [2.24, 2.45) is 0 Å². The van der Waals surface area contributed by atoms with Crippen LogP contribution >= 0.6 is 0 Å². The smallest absolute Gasteiger partial charge is 0.295 e. The number of hydroxylamine groups is 2. The fourth-order valence-corrected chi connectivity index (χ4v) is 1.85. The zero-order chi connectivity index (χ0) is 13.4. The van der Waals surface area contributed by atoms with Crippen LogP contribution in [0.3, 0.4) is 0 Å². The largest absolute Gasteiger partial charge is 0.368 e. The topological polar surface area (TPSA) is 46.6 Å². The monoisotopic (exact) mass is 257 g/mol. The van der Waals surface area contributed by atoms with E-state index in [1.54, 1.807) is 24.3 Å². The summed E-state index contributed by atoms with van der Waals surface area (Å²) in [5.74, 6) is -1.25. The number of hydrogen-bond donors (Lipinski definition) is 0. The van der Waals surface area contributed by atoms with Crippen LogP contribution in [-0.4, -0.2) is 16.9 Å². The van der Waals surface area contributed by atoms with Crippen molar-refractivity contribution >= 4 is 11.8 Å². The molecule has 3 rings (SSSR count). The van der Waals surface area contributed by atoms with E-state index in [0.717, 1.165) is 0 Å². The number of fused-ring (bicyclic) bond motifs is 1. The van der Waals surface area contributed by atoms with Crippen molar-refractivity contribution in [1.29, 1.82) is 0 Å². The molecule has 1 aliphatic rings. The summed E-state index contributed by atoms with van der Waals surface area (Å²) < 4.78 is 12.8. The number of halogens is 1. The molecule has 0 atom stereocenters. The first-order chi connectivity index (χ1) is 9.16. The van der Waals surface area contributed by atoms with E-state index in [0.29, 0.717) is 16.2 Å². The summed E-state index contributed by atoms with van der Waals surface area (Å²) in [7, 11) is 0. The van der Waals surface area contributed by atoms with Crippen LogP contribution in [0.4, 0.5) is 4.39 Å². The summed E-state index contributed by atoms with van der Waals surface area (Å²) >= 11 is 0. The molecular formula is C14H8FNO3. The summed E-state index contributed by atoms with van der Waals surface area (Å²) in [5, 5.41) is 0.678. The third-order valence-electron chi connectivity index (χ3n) is 2.77. The normalized spacial score (nSPS) is 13.6. The van der Waals surface area contributed by atoms with Gasteiger partial charge in [0.05, 0.1) is 11.1 Å². The second-order valence-electron chi connectivity index (χ2n) is 4.00. The number of carbonyl (C=O) groups is 2. The van der Waals surface area contributed by atoms with Crippen molar-refractivity contribution in [1.82, 2.24) is 5.06 Å². The predicted molar refractivity (Wildman–Crippen MR) is 64.0 cm³/mol. The molecule has 2 amide bonds. The van der Waals surface area contributed by atoms with Crippen LogP contribution in [0, 0.1) is 5.82 Å². The SMILES string of the molecule is O=C1c2ccccc2C(=O)N1Oc1ccc(F)cc1. The molecule has 0 saturated heterocycles. The Labute approximate surface area is 108 Å². The van der Waals surface area contributed by atoms with Crippen LogP contribution in [-0.2, 0) is 0 Å². The maximum atomic E-state index is 12.8. The first kappa shape index (κ1) is 11.4. The van der Waals surface area contributed by atoms with Gasteiger partial charge >= 0.3 is 0 Å². The summed E-state index contributed by atoms with van der Waals surface area (Å²) in [6.45, 7) is 0. The van der Waals surface area contributed by atoms with Gasteiger partial charge in [0.15, 0.2) is 5.75 Å². The van der Waals surface area contributed by atoms with Crippen LogP contribution in [0.25, 0.3) is 0 Å². The lowest BCUT2D eigenvalue weighted by atomic mass is 10.1. The van der Waals surface area contributed by atoms with Crippen LogP contribution in [0.1, 0.15) is 20.7 Å². The van der Waals surface area contributed by atoms with Crippen LogP contribution in [0.15, 0.2) is 48.5 Å². The summed E-state index contributed by atoms with van der Waals surface area (Å²) in [6.07, 6.45) is 0. The van der Waals surface area contributed by atoms with Gasteiger partial charge in [0.25, 0.3) is 11.8 Å². The lowest BCUT2D eigenvalue weighted by molar-refractivity contribution is -0.0141. The fourth-order valence-electron chi connectivity index (χ4n) is 1.85. The molecule has 0 aromatic heterocycles. The van der Waals surface area contributed by atoms with Gasteiger partial charge in [0, 0.05) is 0 Å². The fraction of sp³-hybridized carbons (Fsp3) is 0. The molecule has 0 radical (unpaired) electrons. The minimum absolute atomic E-state index is 0.218. The quantitative estimate of drug-likeness (QED) is 0.776. The zero-order valence-corrected chi connectivity index (χ0v) is 9.67. The highest BCUT2D eigenvalue weighted by Crippen LogP contribution is 2.24. The second kappa shape index (κ2) is 4.20. The minimum atomic E-state index is -0.523. The van der Waals surface area contributed by atoms with Gasteiger partial charge in [-0.2, -0.15) is 0 Å². The summed E-state index contributed by atoms with van der Waals surface area (Å²) in [5.41, 5.74) is 0.601. The van der Waals surface area contributed by atoms with Gasteiger partial charge in [-0.25, -0.2) is 4.39 Å². The van der Waals surface area contributed by atoms with Crippen molar-refractivity contribution in [3.63, 3.8) is 0 Å². The maximum absolute atomic E-state index is 12.8. The minimum Gasteiger partial charge on any atom is -0.368 e. The standard InChI is InChI=1S/C14H8FNO3/c15-9-5-7-10(8-6-9)19-16-13(17)11-3-1-2-4-12(11)14(16)18/h1-8H. The summed E-state index contributed by atoms with van der Waals surface area (Å²) in [4.78, 5) is 29.2. The van der Waals surface area contributed by atoms with Crippen molar-refractivity contribution < 1.29 is 18.8 Å². The molecule has 2 aromatic carbocycles. The predicted octanol–water partition coefficient (Wildman–Crippen LogP) is 2.42. The van der Waals surface area contributed by atoms with Gasteiger partial charge in [0.1, 0.15) is 5.82 Å². The molecule has 0 saturated carbocycles. The Hall–Kier alpha value is -2.69. The molecule has 0 spiro atoms. The number of nitrogens with zero attached hydrogens (tertiary/aromatic N) is 1. The molecule has 0 bridgehead atoms. The van der Waals surface area contributed by atoms with Crippen LogP contribution < -0.4 is 4.84 Å². The molecule has 0 aliphatic carbocycles. The highest BCUT2D eigenvalue weighted by molar-refractivity contribution is 6.20. The van der Waals surface area contributed by atoms with Gasteiger partial charge in [0.2, 0.25) is 0 Å². The van der Waals surface area contributed by atoms with Crippen molar-refractivity contribution in [3.8, 4) is 5.75 Å². The Morgan fingerprint density at radius 1 is 0.842 bits per heavy atom. The molecule has 2 aromatic rings. The van der Waals surface area contributed by atoms with Crippen LogP contribution in [0.5, 0.6) is 5.75 Å². The molecule has 0 N–H and O–H groups in total. The van der Waals surface area contributed by atoms with E-state index >= 15 is 0 Å². The van der Waals surface area contributed by atoms with Crippen molar-refractivity contribution in [2.45, 2.75) is 0 Å². The van der Waals surface area contributed by atoms with E-state index in [-0.39, 0.29) is 5.75 Å². The molecule has 4 nitrogen and oxygen atoms in total. The maximum Gasteiger partial charge on any atom is 0.295 e. The molecule has 0 unspecified atom stereocenters. The highest BCUT2D eigenvalue weighted by Gasteiger charge is 2.37.